The summed E-state index contributed by atoms with van der Waals surface area (Å²) in [7, 11) is 0. The van der Waals surface area contributed by atoms with Crippen molar-refractivity contribution in [2.75, 3.05) is 0 Å². The maximum atomic E-state index is 11.0. The van der Waals surface area contributed by atoms with Crippen LogP contribution in [-0.2, 0) is 17.8 Å². The molecule has 88 valence electrons. The number of hydrogen-bond donors (Lipinski definition) is 2. The summed E-state index contributed by atoms with van der Waals surface area (Å²) < 4.78 is 2.06. The molecule has 3 rings (SSSR count). The van der Waals surface area contributed by atoms with Crippen LogP contribution in [-0.4, -0.2) is 25.6 Å². The Labute approximate surface area is 98.1 Å². The Bertz CT molecular complexity index is 542. The highest BCUT2D eigenvalue weighted by atomic mass is 16.4. The monoisotopic (exact) mass is 231 g/mol. The number of H-pyrrole nitrogens is 1. The Morgan fingerprint density at radius 1 is 1.59 bits per heavy atom. The topological polar surface area (TPSA) is 70.9 Å². The van der Waals surface area contributed by atoms with Gasteiger partial charge in [0.05, 0.1) is 17.9 Å². The summed E-state index contributed by atoms with van der Waals surface area (Å²) in [5.41, 5.74) is 2.95. The van der Waals surface area contributed by atoms with Gasteiger partial charge in [-0.25, -0.2) is 4.98 Å². The number of aromatic nitrogens is 3. The van der Waals surface area contributed by atoms with E-state index in [2.05, 4.69) is 14.5 Å². The molecule has 0 aliphatic carbocycles. The summed E-state index contributed by atoms with van der Waals surface area (Å²) >= 11 is 0. The van der Waals surface area contributed by atoms with E-state index < -0.39 is 5.97 Å². The molecule has 0 amide bonds. The van der Waals surface area contributed by atoms with Gasteiger partial charge in [0.1, 0.15) is 0 Å². The lowest BCUT2D eigenvalue weighted by Gasteiger charge is -2.21. The molecule has 3 heterocycles. The molecule has 5 heteroatoms. The van der Waals surface area contributed by atoms with Gasteiger partial charge in [0, 0.05) is 36.6 Å². The van der Waals surface area contributed by atoms with Gasteiger partial charge in [0.15, 0.2) is 0 Å². The van der Waals surface area contributed by atoms with Gasteiger partial charge in [0.25, 0.3) is 0 Å². The molecule has 0 bridgehead atoms. The molecule has 1 aliphatic rings. The summed E-state index contributed by atoms with van der Waals surface area (Å²) in [5, 5.41) is 9.09. The minimum atomic E-state index is -0.711. The van der Waals surface area contributed by atoms with Gasteiger partial charge < -0.3 is 14.7 Å². The van der Waals surface area contributed by atoms with Crippen LogP contribution < -0.4 is 0 Å². The third kappa shape index (κ3) is 1.63. The van der Waals surface area contributed by atoms with Crippen molar-refractivity contribution in [3.63, 3.8) is 0 Å². The summed E-state index contributed by atoms with van der Waals surface area (Å²) in [4.78, 5) is 18.4. The fraction of sp³-hybridized carbons (Fsp3) is 0.333. The molecule has 1 unspecified atom stereocenters. The second-order valence-electron chi connectivity index (χ2n) is 4.36. The molecule has 0 saturated heterocycles. The van der Waals surface area contributed by atoms with Crippen LogP contribution in [0, 0.1) is 5.92 Å². The van der Waals surface area contributed by atoms with Gasteiger partial charge in [0.2, 0.25) is 0 Å². The number of aromatic amines is 1. The Morgan fingerprint density at radius 3 is 3.18 bits per heavy atom. The van der Waals surface area contributed by atoms with Gasteiger partial charge in [-0.2, -0.15) is 0 Å². The van der Waals surface area contributed by atoms with Gasteiger partial charge in [-0.15, -0.1) is 0 Å². The van der Waals surface area contributed by atoms with Gasteiger partial charge in [-0.05, 0) is 12.5 Å². The van der Waals surface area contributed by atoms with Gasteiger partial charge >= 0.3 is 5.97 Å². The van der Waals surface area contributed by atoms with E-state index in [-0.39, 0.29) is 5.92 Å². The van der Waals surface area contributed by atoms with Crippen LogP contribution in [0.4, 0.5) is 0 Å². The lowest BCUT2D eigenvalue weighted by molar-refractivity contribution is -0.142. The maximum Gasteiger partial charge on any atom is 0.306 e. The molecule has 2 aromatic rings. The third-order valence-electron chi connectivity index (χ3n) is 3.33. The number of nitrogens with one attached hydrogen (secondary N) is 1. The summed E-state index contributed by atoms with van der Waals surface area (Å²) in [5.74, 6) is -0.991. The average Bonchev–Trinajstić information content (AvgIpc) is 2.96. The van der Waals surface area contributed by atoms with Crippen LogP contribution in [0.1, 0.15) is 12.1 Å². The number of rotatable bonds is 2. The highest BCUT2D eigenvalue weighted by Crippen LogP contribution is 2.29. The second-order valence-corrected chi connectivity index (χ2v) is 4.36. The van der Waals surface area contributed by atoms with Crippen LogP contribution in [0.3, 0.4) is 0 Å². The van der Waals surface area contributed by atoms with Crippen LogP contribution in [0.5, 0.6) is 0 Å². The Balaban J connectivity index is 2.00. The number of aryl methyl sites for hydroxylation is 1. The van der Waals surface area contributed by atoms with Crippen molar-refractivity contribution in [2.24, 2.45) is 5.92 Å². The second kappa shape index (κ2) is 3.76. The van der Waals surface area contributed by atoms with Crippen LogP contribution in [0.2, 0.25) is 0 Å². The molecule has 0 saturated carbocycles. The van der Waals surface area contributed by atoms with Gasteiger partial charge in [-0.1, -0.05) is 0 Å². The Kier molecular flexibility index (Phi) is 2.24. The summed E-state index contributed by atoms with van der Waals surface area (Å²) in [6, 6.07) is 1.95. The minimum absolute atomic E-state index is 0.281. The molecule has 2 N–H and O–H groups in total. The fourth-order valence-corrected chi connectivity index (χ4v) is 2.37. The largest absolute Gasteiger partial charge is 0.481 e. The first kappa shape index (κ1) is 10.1. The Morgan fingerprint density at radius 2 is 2.47 bits per heavy atom. The number of carbonyl (C=O) groups is 1. The van der Waals surface area contributed by atoms with Crippen molar-refractivity contribution >= 4 is 5.97 Å². The predicted octanol–water partition coefficient (Wildman–Crippen LogP) is 1.53. The van der Waals surface area contributed by atoms with E-state index in [1.807, 2.05) is 18.5 Å². The number of carboxylic acid groups (broad SMARTS) is 1. The van der Waals surface area contributed by atoms with Crippen molar-refractivity contribution in [3.8, 4) is 11.3 Å². The molecular formula is C12H13N3O2. The molecule has 1 aliphatic heterocycles. The fourth-order valence-electron chi connectivity index (χ4n) is 2.37. The summed E-state index contributed by atoms with van der Waals surface area (Å²) in [6.45, 7) is 0.740. The van der Waals surface area contributed by atoms with Crippen molar-refractivity contribution in [1.82, 2.24) is 14.5 Å². The van der Waals surface area contributed by atoms with Crippen LogP contribution in [0.25, 0.3) is 11.3 Å². The smallest absolute Gasteiger partial charge is 0.306 e. The molecule has 1 atom stereocenters. The average molecular weight is 231 g/mol. The van der Waals surface area contributed by atoms with Crippen molar-refractivity contribution in [3.05, 3.63) is 30.5 Å². The first-order valence-electron chi connectivity index (χ1n) is 5.65. The SMILES string of the molecule is O=C(O)C1CCn2cnc(-c3cc[nH]c3)c2C1. The highest BCUT2D eigenvalue weighted by Gasteiger charge is 2.27. The van der Waals surface area contributed by atoms with E-state index in [1.54, 1.807) is 6.33 Å². The van der Waals surface area contributed by atoms with Crippen molar-refractivity contribution in [2.45, 2.75) is 19.4 Å². The molecule has 2 aromatic heterocycles. The molecule has 17 heavy (non-hydrogen) atoms. The number of nitrogens with zero attached hydrogens (tertiary/aromatic N) is 2. The number of carboxylic acids is 1. The number of aliphatic carboxylic acids is 1. The molecule has 0 aromatic carbocycles. The highest BCUT2D eigenvalue weighted by molar-refractivity contribution is 5.71. The van der Waals surface area contributed by atoms with E-state index in [4.69, 9.17) is 5.11 Å². The summed E-state index contributed by atoms with van der Waals surface area (Å²) in [6.07, 6.45) is 6.78. The van der Waals surface area contributed by atoms with Crippen LogP contribution in [0.15, 0.2) is 24.8 Å². The predicted molar refractivity (Wildman–Crippen MR) is 61.5 cm³/mol. The standard InChI is InChI=1S/C12H13N3O2/c16-12(17)8-2-4-15-7-14-11(10(15)5-8)9-1-3-13-6-9/h1,3,6-8,13H,2,4-5H2,(H,16,17). The quantitative estimate of drug-likeness (QED) is 0.823. The van der Waals surface area contributed by atoms with E-state index in [0.29, 0.717) is 12.8 Å². The zero-order valence-corrected chi connectivity index (χ0v) is 9.26. The third-order valence-corrected chi connectivity index (χ3v) is 3.33. The number of hydrogen-bond acceptors (Lipinski definition) is 2. The Hall–Kier alpha value is -2.04. The van der Waals surface area contributed by atoms with Crippen molar-refractivity contribution in [1.29, 1.82) is 0 Å². The van der Waals surface area contributed by atoms with E-state index >= 15 is 0 Å². The molecule has 0 spiro atoms. The molecule has 0 fully saturated rings. The molecule has 0 radical (unpaired) electrons. The van der Waals surface area contributed by atoms with Crippen molar-refractivity contribution < 1.29 is 9.90 Å². The number of fused-ring (bicyclic) bond motifs is 1. The van der Waals surface area contributed by atoms with Crippen LogP contribution >= 0.6 is 0 Å². The first-order valence-corrected chi connectivity index (χ1v) is 5.65. The molecule has 5 nitrogen and oxygen atoms in total. The first-order chi connectivity index (χ1) is 8.25. The normalized spacial score (nSPS) is 18.9. The van der Waals surface area contributed by atoms with E-state index in [9.17, 15) is 4.79 Å². The van der Waals surface area contributed by atoms with Gasteiger partial charge in [-0.3, -0.25) is 4.79 Å². The zero-order valence-electron chi connectivity index (χ0n) is 9.26. The van der Waals surface area contributed by atoms with E-state index in [1.165, 1.54) is 0 Å². The number of imidazole rings is 1. The minimum Gasteiger partial charge on any atom is -0.481 e. The van der Waals surface area contributed by atoms with E-state index in [0.717, 1.165) is 23.5 Å². The molecular weight excluding hydrogens is 218 g/mol. The maximum absolute atomic E-state index is 11.0. The lowest BCUT2D eigenvalue weighted by atomic mass is 9.94. The zero-order chi connectivity index (χ0) is 11.8. The lowest BCUT2D eigenvalue weighted by Crippen LogP contribution is -2.25.